The van der Waals surface area contributed by atoms with Crippen LogP contribution in [-0.4, -0.2) is 135 Å². The van der Waals surface area contributed by atoms with Crippen LogP contribution in [0, 0.1) is 0 Å². The Labute approximate surface area is 377 Å². The average molecular weight is 892 g/mol. The van der Waals surface area contributed by atoms with Gasteiger partial charge in [0.25, 0.3) is 0 Å². The van der Waals surface area contributed by atoms with Gasteiger partial charge in [0.15, 0.2) is 0 Å². The van der Waals surface area contributed by atoms with E-state index in [0.717, 1.165) is 11.1 Å². The van der Waals surface area contributed by atoms with E-state index < -0.39 is 83.3 Å². The molecule has 2 aliphatic heterocycles. The fraction of sp³-hybridized carbons (Fsp3) is 0.596. The second-order valence-electron chi connectivity index (χ2n) is 19.1. The summed E-state index contributed by atoms with van der Waals surface area (Å²) >= 11 is 0. The van der Waals surface area contributed by atoms with Crippen molar-refractivity contribution in [2.24, 2.45) is 5.73 Å². The number of aliphatic carboxylic acids is 1. The van der Waals surface area contributed by atoms with Crippen molar-refractivity contribution >= 4 is 41.8 Å². The SMILES string of the molecule is CC1C[C@@H](NC(=O)C(Cc2ccccc2)NC(=O)CN(C[C@H](C)c2ccccc2)C(=O)OC(C)(C)C)C(=O)N1C(CCCCNC(=O)OC(C)(C)C)C(=O)N1CCC(N)(C(=O)O)CC1. The van der Waals surface area contributed by atoms with Crippen molar-refractivity contribution in [3.8, 4) is 0 Å². The van der Waals surface area contributed by atoms with Crippen molar-refractivity contribution in [2.45, 2.75) is 147 Å². The predicted molar refractivity (Wildman–Crippen MR) is 240 cm³/mol. The van der Waals surface area contributed by atoms with Crippen LogP contribution in [0.1, 0.15) is 111 Å². The summed E-state index contributed by atoms with van der Waals surface area (Å²) in [5.74, 6) is -3.35. The fourth-order valence-corrected chi connectivity index (χ4v) is 7.93. The molecule has 17 heteroatoms. The molecule has 64 heavy (non-hydrogen) atoms. The Morgan fingerprint density at radius 3 is 2.08 bits per heavy atom. The number of unbranched alkanes of at least 4 members (excludes halogenated alkanes) is 1. The summed E-state index contributed by atoms with van der Waals surface area (Å²) < 4.78 is 11.0. The van der Waals surface area contributed by atoms with Gasteiger partial charge in [-0.25, -0.2) is 9.59 Å². The number of nitrogens with one attached hydrogen (secondary N) is 3. The molecule has 2 heterocycles. The van der Waals surface area contributed by atoms with Crippen LogP contribution in [0.15, 0.2) is 60.7 Å². The number of hydrogen-bond acceptors (Lipinski definition) is 10. The number of nitrogens with two attached hydrogens (primary N) is 1. The molecule has 0 radical (unpaired) electrons. The lowest BCUT2D eigenvalue weighted by molar-refractivity contribution is -0.151. The number of carboxylic acid groups (broad SMARTS) is 1. The average Bonchev–Trinajstić information content (AvgIpc) is 3.48. The highest BCUT2D eigenvalue weighted by Crippen LogP contribution is 2.28. The van der Waals surface area contributed by atoms with Crippen LogP contribution in [0.3, 0.4) is 0 Å². The molecule has 4 rings (SSSR count). The molecule has 2 aromatic rings. The second kappa shape index (κ2) is 22.3. The summed E-state index contributed by atoms with van der Waals surface area (Å²) in [5, 5.41) is 18.1. The number of amides is 6. The third kappa shape index (κ3) is 15.2. The molecular weight excluding hydrogens is 823 g/mol. The molecule has 5 atom stereocenters. The largest absolute Gasteiger partial charge is 0.480 e. The molecule has 2 aromatic carbocycles. The number of hydrogen-bond donors (Lipinski definition) is 5. The Kier molecular flexibility index (Phi) is 17.7. The smallest absolute Gasteiger partial charge is 0.410 e. The lowest BCUT2D eigenvalue weighted by Gasteiger charge is -2.40. The van der Waals surface area contributed by atoms with Gasteiger partial charge in [-0.1, -0.05) is 67.6 Å². The lowest BCUT2D eigenvalue weighted by atomic mass is 9.88. The number of rotatable bonds is 18. The summed E-state index contributed by atoms with van der Waals surface area (Å²) in [6, 6.07) is 15.0. The van der Waals surface area contributed by atoms with Gasteiger partial charge in [0.05, 0.1) is 0 Å². The summed E-state index contributed by atoms with van der Waals surface area (Å²) in [5.41, 5.74) is 4.86. The van der Waals surface area contributed by atoms with E-state index in [4.69, 9.17) is 15.2 Å². The second-order valence-corrected chi connectivity index (χ2v) is 19.1. The quantitative estimate of drug-likeness (QED) is 0.132. The molecule has 2 aliphatic rings. The first-order chi connectivity index (χ1) is 30.0. The van der Waals surface area contributed by atoms with Gasteiger partial charge in [0.1, 0.15) is 41.4 Å². The van der Waals surface area contributed by atoms with E-state index in [1.54, 1.807) is 48.5 Å². The minimum Gasteiger partial charge on any atom is -0.480 e. The Morgan fingerprint density at radius 2 is 1.50 bits per heavy atom. The Morgan fingerprint density at radius 1 is 0.906 bits per heavy atom. The first-order valence-electron chi connectivity index (χ1n) is 22.2. The first-order valence-corrected chi connectivity index (χ1v) is 22.2. The van der Waals surface area contributed by atoms with Crippen molar-refractivity contribution in [1.82, 2.24) is 30.7 Å². The Hall–Kier alpha value is -5.71. The van der Waals surface area contributed by atoms with Gasteiger partial charge in [0.2, 0.25) is 23.6 Å². The van der Waals surface area contributed by atoms with Crippen LogP contribution in [0.25, 0.3) is 0 Å². The fourth-order valence-electron chi connectivity index (χ4n) is 7.93. The number of nitrogens with zero attached hydrogens (tertiary/aromatic N) is 3. The summed E-state index contributed by atoms with van der Waals surface area (Å²) in [6.45, 7) is 14.4. The van der Waals surface area contributed by atoms with Crippen LogP contribution < -0.4 is 21.7 Å². The van der Waals surface area contributed by atoms with Crippen LogP contribution in [0.5, 0.6) is 0 Å². The highest BCUT2D eigenvalue weighted by atomic mass is 16.6. The van der Waals surface area contributed by atoms with E-state index in [9.17, 15) is 38.7 Å². The summed E-state index contributed by atoms with van der Waals surface area (Å²) in [7, 11) is 0. The van der Waals surface area contributed by atoms with Gasteiger partial charge in [-0.05, 0) is 104 Å². The van der Waals surface area contributed by atoms with Crippen molar-refractivity contribution in [3.63, 3.8) is 0 Å². The molecule has 6 amide bonds. The van der Waals surface area contributed by atoms with E-state index in [2.05, 4.69) is 16.0 Å². The summed E-state index contributed by atoms with van der Waals surface area (Å²) in [4.78, 5) is 98.6. The highest BCUT2D eigenvalue weighted by Gasteiger charge is 2.47. The normalized spacial score (nSPS) is 18.9. The highest BCUT2D eigenvalue weighted by molar-refractivity contribution is 5.96. The monoisotopic (exact) mass is 892 g/mol. The van der Waals surface area contributed by atoms with Crippen LogP contribution in [0.4, 0.5) is 9.59 Å². The first kappa shape index (κ1) is 50.9. The van der Waals surface area contributed by atoms with Crippen molar-refractivity contribution in [3.05, 3.63) is 71.8 Å². The van der Waals surface area contributed by atoms with E-state index >= 15 is 0 Å². The molecule has 0 aliphatic carbocycles. The molecule has 2 saturated heterocycles. The molecular formula is C47H69N7O10. The van der Waals surface area contributed by atoms with Crippen LogP contribution >= 0.6 is 0 Å². The molecule has 352 valence electrons. The van der Waals surface area contributed by atoms with Gasteiger partial charge in [-0.2, -0.15) is 0 Å². The minimum absolute atomic E-state index is 0.0406. The van der Waals surface area contributed by atoms with Gasteiger partial charge in [-0.3, -0.25) is 28.9 Å². The number of piperidine rings is 1. The van der Waals surface area contributed by atoms with Gasteiger partial charge in [-0.15, -0.1) is 0 Å². The molecule has 0 aromatic heterocycles. The zero-order valence-electron chi connectivity index (χ0n) is 38.7. The van der Waals surface area contributed by atoms with E-state index in [1.807, 2.05) is 67.6 Å². The number of carbonyl (C=O) groups excluding carboxylic acids is 6. The number of alkyl carbamates (subject to hydrolysis) is 1. The molecule has 0 saturated carbocycles. The van der Waals surface area contributed by atoms with Crippen LogP contribution in [-0.2, 0) is 39.9 Å². The number of ether oxygens (including phenoxy) is 2. The predicted octanol–water partition coefficient (Wildman–Crippen LogP) is 4.33. The molecule has 17 nitrogen and oxygen atoms in total. The zero-order valence-corrected chi connectivity index (χ0v) is 38.7. The Balaban J connectivity index is 1.51. The van der Waals surface area contributed by atoms with E-state index in [0.29, 0.717) is 12.8 Å². The third-order valence-corrected chi connectivity index (χ3v) is 11.3. The number of carbonyl (C=O) groups is 7. The maximum atomic E-state index is 14.4. The molecule has 3 unspecified atom stereocenters. The number of likely N-dealkylation sites (tertiary alicyclic amines) is 2. The maximum absolute atomic E-state index is 14.4. The van der Waals surface area contributed by atoms with Gasteiger partial charge >= 0.3 is 18.2 Å². The number of carboxylic acids is 1. The molecule has 0 spiro atoms. The number of benzene rings is 2. The lowest BCUT2D eigenvalue weighted by Crippen LogP contribution is -2.60. The van der Waals surface area contributed by atoms with Crippen molar-refractivity contribution < 1.29 is 48.1 Å². The third-order valence-electron chi connectivity index (χ3n) is 11.3. The van der Waals surface area contributed by atoms with Crippen LogP contribution in [0.2, 0.25) is 0 Å². The van der Waals surface area contributed by atoms with Gasteiger partial charge in [0, 0.05) is 38.6 Å². The summed E-state index contributed by atoms with van der Waals surface area (Å²) in [6.07, 6.45) is 0.237. The maximum Gasteiger partial charge on any atom is 0.410 e. The Bertz CT molecular complexity index is 1930. The minimum atomic E-state index is -1.47. The topological polar surface area (TPSA) is 230 Å². The van der Waals surface area contributed by atoms with Gasteiger partial charge < -0.3 is 46.1 Å². The molecule has 2 fully saturated rings. The standard InChI is InChI=1S/C47H69N7O10/c1-31(34-19-13-10-14-20-34)29-53(44(62)64-46(6,7)8)30-38(55)50-35(28-33-17-11-9-12-18-33)39(56)51-36-27-32(2)54(40(36)57)37(21-15-16-24-49-43(61)63-45(3,4)5)41(58)52-25-22-47(48,23-26-52)42(59)60/h9-14,17-20,31-32,35-37H,15-16,21-30,48H2,1-8H3,(H,49,61)(H,50,55)(H,51,56)(H,59,60)/t31-,32?,35?,36+,37?/m0/s1. The van der Waals surface area contributed by atoms with Crippen molar-refractivity contribution in [2.75, 3.05) is 32.7 Å². The van der Waals surface area contributed by atoms with Crippen molar-refractivity contribution in [1.29, 1.82) is 0 Å². The molecule has 6 N–H and O–H groups in total. The van der Waals surface area contributed by atoms with E-state index in [-0.39, 0.29) is 70.1 Å². The molecule has 0 bridgehead atoms. The van der Waals surface area contributed by atoms with E-state index in [1.165, 1.54) is 14.7 Å². The zero-order chi connectivity index (χ0) is 47.4.